The molecule has 31 heavy (non-hydrogen) atoms. The van der Waals surface area contributed by atoms with Crippen LogP contribution in [0.3, 0.4) is 0 Å². The van der Waals surface area contributed by atoms with Gasteiger partial charge in [-0.05, 0) is 78.3 Å². The number of sulfonamides is 1. The Bertz CT molecular complexity index is 904. The van der Waals surface area contributed by atoms with Crippen molar-refractivity contribution in [2.75, 3.05) is 14.1 Å². The third-order valence-corrected chi connectivity index (χ3v) is 10.3. The molecule has 0 unspecified atom stereocenters. The van der Waals surface area contributed by atoms with Gasteiger partial charge in [-0.3, -0.25) is 4.79 Å². The Morgan fingerprint density at radius 3 is 2.29 bits per heavy atom. The van der Waals surface area contributed by atoms with Crippen molar-refractivity contribution in [2.45, 2.75) is 99.5 Å². The van der Waals surface area contributed by atoms with Crippen molar-refractivity contribution >= 4 is 15.9 Å². The van der Waals surface area contributed by atoms with Gasteiger partial charge in [0.1, 0.15) is 5.76 Å². The molecule has 2 aliphatic heterocycles. The van der Waals surface area contributed by atoms with Crippen LogP contribution in [0, 0.1) is 0 Å². The molecule has 4 aliphatic rings. The van der Waals surface area contributed by atoms with Crippen molar-refractivity contribution in [3.63, 3.8) is 0 Å². The molecular weight excluding hydrogens is 416 g/mol. The number of piperidine rings is 1. The molecule has 4 fully saturated rings. The average molecular weight is 451 g/mol. The molecule has 3 heterocycles. The second-order valence-corrected chi connectivity index (χ2v) is 12.3. The van der Waals surface area contributed by atoms with Crippen molar-refractivity contribution in [3.05, 3.63) is 17.5 Å². The van der Waals surface area contributed by atoms with Crippen LogP contribution >= 0.6 is 0 Å². The van der Waals surface area contributed by atoms with Crippen LogP contribution < -0.4 is 5.32 Å². The predicted octanol–water partition coefficient (Wildman–Crippen LogP) is 2.48. The third kappa shape index (κ3) is 4.16. The summed E-state index contributed by atoms with van der Waals surface area (Å²) in [5, 5.41) is 6.77. The van der Waals surface area contributed by atoms with Crippen LogP contribution in [0.2, 0.25) is 0 Å². The first kappa shape index (κ1) is 21.4. The molecule has 8 nitrogen and oxygen atoms in total. The lowest BCUT2D eigenvalue weighted by atomic mass is 9.94. The Morgan fingerprint density at radius 1 is 1.06 bits per heavy atom. The molecule has 1 amide bonds. The summed E-state index contributed by atoms with van der Waals surface area (Å²) >= 11 is 0. The van der Waals surface area contributed by atoms with Gasteiger partial charge in [-0.25, -0.2) is 8.42 Å². The van der Waals surface area contributed by atoms with Crippen LogP contribution in [0.4, 0.5) is 0 Å². The fourth-order valence-corrected chi connectivity index (χ4v) is 8.34. The number of carbonyl (C=O) groups excluding carboxylic acids is 1. The van der Waals surface area contributed by atoms with Gasteiger partial charge >= 0.3 is 0 Å². The van der Waals surface area contributed by atoms with E-state index >= 15 is 0 Å². The molecule has 2 saturated carbocycles. The lowest BCUT2D eigenvalue weighted by molar-refractivity contribution is 0.0899. The van der Waals surface area contributed by atoms with E-state index in [1.807, 2.05) is 4.31 Å². The predicted molar refractivity (Wildman–Crippen MR) is 116 cm³/mol. The maximum atomic E-state index is 13.5. The zero-order valence-corrected chi connectivity index (χ0v) is 19.3. The van der Waals surface area contributed by atoms with Crippen LogP contribution in [0.5, 0.6) is 0 Å². The number of carbonyl (C=O) groups is 1. The average Bonchev–Trinajstić information content (AvgIpc) is 3.40. The van der Waals surface area contributed by atoms with E-state index in [0.717, 1.165) is 57.1 Å². The molecular formula is C22H34N4O4S. The molecule has 9 heteroatoms. The van der Waals surface area contributed by atoms with E-state index in [0.29, 0.717) is 30.5 Å². The van der Waals surface area contributed by atoms with Crippen molar-refractivity contribution in [3.8, 4) is 0 Å². The van der Waals surface area contributed by atoms with Crippen LogP contribution in [0.15, 0.2) is 10.6 Å². The Hall–Kier alpha value is -1.45. The van der Waals surface area contributed by atoms with Crippen molar-refractivity contribution < 1.29 is 17.7 Å². The maximum absolute atomic E-state index is 13.5. The van der Waals surface area contributed by atoms with E-state index in [1.54, 1.807) is 6.07 Å². The molecule has 1 aromatic heterocycles. The first-order chi connectivity index (χ1) is 14.8. The largest absolute Gasteiger partial charge is 0.360 e. The molecule has 2 saturated heterocycles. The number of hydrogen-bond acceptors (Lipinski definition) is 6. The van der Waals surface area contributed by atoms with E-state index in [4.69, 9.17) is 4.52 Å². The molecule has 0 spiro atoms. The number of rotatable bonds is 6. The molecule has 0 radical (unpaired) electrons. The van der Waals surface area contributed by atoms with E-state index < -0.39 is 10.0 Å². The van der Waals surface area contributed by atoms with Gasteiger partial charge in [0.05, 0.1) is 5.25 Å². The smallest absolute Gasteiger partial charge is 0.273 e. The van der Waals surface area contributed by atoms with Crippen LogP contribution in [0.25, 0.3) is 0 Å². The van der Waals surface area contributed by atoms with E-state index in [-0.39, 0.29) is 29.3 Å². The third-order valence-electron chi connectivity index (χ3n) is 7.83. The van der Waals surface area contributed by atoms with Gasteiger partial charge in [0.15, 0.2) is 5.69 Å². The second kappa shape index (κ2) is 8.15. The van der Waals surface area contributed by atoms with Crippen molar-refractivity contribution in [1.29, 1.82) is 0 Å². The monoisotopic (exact) mass is 450 g/mol. The molecule has 1 N–H and O–H groups in total. The number of hydrogen-bond donors (Lipinski definition) is 1. The standard InChI is InChI=1S/C22H34N4O4S/c1-25(2)16-7-9-19(10-8-16)31(28,29)26-17-5-6-18(26)12-15(11-17)23-22(27)20-13-21(30-24-20)14-3-4-14/h13-19H,3-12H2,1-2H3,(H,23,27)/t15-,16-,17+,18-,19+. The van der Waals surface area contributed by atoms with Crippen LogP contribution in [-0.4, -0.2) is 72.2 Å². The molecule has 172 valence electrons. The van der Waals surface area contributed by atoms with Gasteiger partial charge in [0.25, 0.3) is 5.91 Å². The highest BCUT2D eigenvalue weighted by Crippen LogP contribution is 2.42. The minimum atomic E-state index is -3.30. The van der Waals surface area contributed by atoms with E-state index in [2.05, 4.69) is 29.5 Å². The number of fused-ring (bicyclic) bond motifs is 2. The number of nitrogens with one attached hydrogen (secondary N) is 1. The first-order valence-electron chi connectivity index (χ1n) is 11.8. The lowest BCUT2D eigenvalue weighted by Crippen LogP contribution is -2.55. The summed E-state index contributed by atoms with van der Waals surface area (Å²) in [5.74, 6) is 1.01. The second-order valence-electron chi connectivity index (χ2n) is 10.2. The highest BCUT2D eigenvalue weighted by Gasteiger charge is 2.49. The van der Waals surface area contributed by atoms with Gasteiger partial charge in [0.2, 0.25) is 10.0 Å². The summed E-state index contributed by atoms with van der Waals surface area (Å²) in [6.45, 7) is 0. The van der Waals surface area contributed by atoms with Gasteiger partial charge in [-0.15, -0.1) is 0 Å². The van der Waals surface area contributed by atoms with Gasteiger partial charge in [-0.2, -0.15) is 4.31 Å². The number of aromatic nitrogens is 1. The van der Waals surface area contributed by atoms with Crippen LogP contribution in [0.1, 0.15) is 86.4 Å². The summed E-state index contributed by atoms with van der Waals surface area (Å²) in [6.07, 6.45) is 8.72. The minimum absolute atomic E-state index is 0.0000406. The zero-order chi connectivity index (χ0) is 21.8. The zero-order valence-electron chi connectivity index (χ0n) is 18.5. The molecule has 3 atom stereocenters. The lowest BCUT2D eigenvalue weighted by Gasteiger charge is -2.41. The maximum Gasteiger partial charge on any atom is 0.273 e. The number of amides is 1. The van der Waals surface area contributed by atoms with Gasteiger partial charge < -0.3 is 14.7 Å². The van der Waals surface area contributed by atoms with Crippen molar-refractivity contribution in [2.24, 2.45) is 0 Å². The Labute approximate surface area is 184 Å². The van der Waals surface area contributed by atoms with E-state index in [9.17, 15) is 13.2 Å². The summed E-state index contributed by atoms with van der Waals surface area (Å²) < 4.78 is 34.1. The molecule has 0 aromatic carbocycles. The molecule has 2 bridgehead atoms. The summed E-state index contributed by atoms with van der Waals surface area (Å²) in [4.78, 5) is 14.9. The highest BCUT2D eigenvalue weighted by molar-refractivity contribution is 7.89. The highest BCUT2D eigenvalue weighted by atomic mass is 32.2. The SMILES string of the molecule is CN(C)[C@H]1CC[C@@H](S(=O)(=O)N2[C@@H]3CC[C@H]2C[C@@H](NC(=O)c2cc(C4CC4)on2)C3)CC1. The first-order valence-corrected chi connectivity index (χ1v) is 13.3. The Morgan fingerprint density at radius 2 is 1.71 bits per heavy atom. The Kier molecular flexibility index (Phi) is 5.63. The summed E-state index contributed by atoms with van der Waals surface area (Å²) in [7, 11) is 0.849. The van der Waals surface area contributed by atoms with Gasteiger partial charge in [-0.1, -0.05) is 5.16 Å². The molecule has 2 aliphatic carbocycles. The Balaban J connectivity index is 1.21. The fourth-order valence-electron chi connectivity index (χ4n) is 5.91. The number of nitrogens with zero attached hydrogens (tertiary/aromatic N) is 3. The molecule has 1 aromatic rings. The fraction of sp³-hybridized carbons (Fsp3) is 0.818. The quantitative estimate of drug-likeness (QED) is 0.715. The van der Waals surface area contributed by atoms with Crippen molar-refractivity contribution in [1.82, 2.24) is 19.7 Å². The van der Waals surface area contributed by atoms with E-state index in [1.165, 1.54) is 0 Å². The van der Waals surface area contributed by atoms with Gasteiger partial charge in [0, 0.05) is 36.2 Å². The summed E-state index contributed by atoms with van der Waals surface area (Å²) in [6, 6.07) is 2.23. The van der Waals surface area contributed by atoms with Crippen LogP contribution in [-0.2, 0) is 10.0 Å². The topological polar surface area (TPSA) is 95.8 Å². The summed E-state index contributed by atoms with van der Waals surface area (Å²) in [5.41, 5.74) is 0.335. The minimum Gasteiger partial charge on any atom is -0.360 e. The normalized spacial score (nSPS) is 34.2. The molecule has 5 rings (SSSR count).